The zero-order chi connectivity index (χ0) is 23.1. The van der Waals surface area contributed by atoms with Gasteiger partial charge in [-0.3, -0.25) is 9.59 Å². The highest BCUT2D eigenvalue weighted by Crippen LogP contribution is 2.24. The summed E-state index contributed by atoms with van der Waals surface area (Å²) in [4.78, 5) is 25.9. The van der Waals surface area contributed by atoms with Crippen molar-refractivity contribution in [3.8, 4) is 5.75 Å². The third-order valence-corrected chi connectivity index (χ3v) is 5.56. The summed E-state index contributed by atoms with van der Waals surface area (Å²) >= 11 is 0. The lowest BCUT2D eigenvalue weighted by molar-refractivity contribution is -0.122. The fourth-order valence-electron chi connectivity index (χ4n) is 3.43. The summed E-state index contributed by atoms with van der Waals surface area (Å²) < 4.78 is 6.02. The second kappa shape index (κ2) is 10.6. The smallest absolute Gasteiger partial charge is 0.265 e. The molecule has 2 amide bonds. The summed E-state index contributed by atoms with van der Waals surface area (Å²) in [6.07, 6.45) is -0.173. The third kappa shape index (κ3) is 5.55. The summed E-state index contributed by atoms with van der Waals surface area (Å²) in [5.74, 6) is 0.153. The lowest BCUT2D eigenvalue weighted by Crippen LogP contribution is -2.34. The molecule has 2 atom stereocenters. The molecule has 0 unspecified atom stereocenters. The highest BCUT2D eigenvalue weighted by Gasteiger charge is 2.22. The Bertz CT molecular complexity index is 1080. The molecule has 0 aromatic heterocycles. The van der Waals surface area contributed by atoms with E-state index in [2.05, 4.69) is 10.6 Å². The first-order chi connectivity index (χ1) is 15.4. The van der Waals surface area contributed by atoms with Crippen LogP contribution >= 0.6 is 0 Å². The largest absolute Gasteiger partial charge is 0.480 e. The van der Waals surface area contributed by atoms with Gasteiger partial charge in [-0.2, -0.15) is 0 Å². The van der Waals surface area contributed by atoms with E-state index in [1.807, 2.05) is 76.2 Å². The van der Waals surface area contributed by atoms with Crippen molar-refractivity contribution in [2.45, 2.75) is 46.3 Å². The molecule has 5 nitrogen and oxygen atoms in total. The lowest BCUT2D eigenvalue weighted by atomic mass is 10.1. The minimum atomic E-state index is -0.671. The van der Waals surface area contributed by atoms with Gasteiger partial charge < -0.3 is 15.4 Å². The van der Waals surface area contributed by atoms with E-state index in [1.165, 1.54) is 0 Å². The van der Waals surface area contributed by atoms with Crippen LogP contribution < -0.4 is 15.4 Å². The monoisotopic (exact) mass is 430 g/mol. The van der Waals surface area contributed by atoms with Gasteiger partial charge >= 0.3 is 0 Å². The van der Waals surface area contributed by atoms with Crippen molar-refractivity contribution < 1.29 is 14.3 Å². The highest BCUT2D eigenvalue weighted by molar-refractivity contribution is 6.04. The molecule has 0 saturated heterocycles. The molecule has 0 radical (unpaired) electrons. The molecule has 3 rings (SSSR count). The van der Waals surface area contributed by atoms with E-state index in [-0.39, 0.29) is 17.9 Å². The van der Waals surface area contributed by atoms with Gasteiger partial charge in [0.15, 0.2) is 6.10 Å². The van der Waals surface area contributed by atoms with Crippen LogP contribution in [0.1, 0.15) is 53.4 Å². The molecule has 0 saturated carbocycles. The van der Waals surface area contributed by atoms with Crippen LogP contribution in [-0.2, 0) is 4.79 Å². The first kappa shape index (κ1) is 23.1. The average Bonchev–Trinajstić information content (AvgIpc) is 2.80. The number of anilines is 1. The first-order valence-electron chi connectivity index (χ1n) is 10.9. The van der Waals surface area contributed by atoms with Crippen molar-refractivity contribution >= 4 is 17.5 Å². The minimum absolute atomic E-state index is 0.163. The van der Waals surface area contributed by atoms with Crippen molar-refractivity contribution in [3.63, 3.8) is 0 Å². The maximum absolute atomic E-state index is 13.0. The van der Waals surface area contributed by atoms with Gasteiger partial charge in [-0.15, -0.1) is 0 Å². The summed E-state index contributed by atoms with van der Waals surface area (Å²) in [6.45, 7) is 7.81. The Hall–Kier alpha value is -3.60. The SMILES string of the molecule is CC[C@@H](Oc1cccc(C)c1C)C(=O)Nc1ccccc1C(=O)N[C@@H](C)c1ccccc1. The molecule has 2 N–H and O–H groups in total. The summed E-state index contributed by atoms with van der Waals surface area (Å²) in [7, 11) is 0. The maximum Gasteiger partial charge on any atom is 0.265 e. The van der Waals surface area contributed by atoms with E-state index in [1.54, 1.807) is 24.3 Å². The Balaban J connectivity index is 1.73. The van der Waals surface area contributed by atoms with Gasteiger partial charge in [0.25, 0.3) is 11.8 Å². The normalized spacial score (nSPS) is 12.5. The van der Waals surface area contributed by atoms with Crippen molar-refractivity contribution in [1.82, 2.24) is 5.32 Å². The number of ether oxygens (including phenoxy) is 1. The predicted octanol–water partition coefficient (Wildman–Crippen LogP) is 5.59. The molecule has 5 heteroatoms. The predicted molar refractivity (Wildman–Crippen MR) is 128 cm³/mol. The number of hydrogen-bond donors (Lipinski definition) is 2. The molecule has 3 aromatic rings. The quantitative estimate of drug-likeness (QED) is 0.489. The fourth-order valence-corrected chi connectivity index (χ4v) is 3.43. The Morgan fingerprint density at radius 3 is 2.31 bits per heavy atom. The number of nitrogens with one attached hydrogen (secondary N) is 2. The molecule has 0 spiro atoms. The van der Waals surface area contributed by atoms with E-state index in [0.29, 0.717) is 23.4 Å². The Morgan fingerprint density at radius 2 is 1.59 bits per heavy atom. The second-order valence-corrected chi connectivity index (χ2v) is 7.85. The number of hydrogen-bond acceptors (Lipinski definition) is 3. The van der Waals surface area contributed by atoms with Crippen LogP contribution in [0.5, 0.6) is 5.75 Å². The number of amides is 2. The Labute approximate surface area is 189 Å². The second-order valence-electron chi connectivity index (χ2n) is 7.85. The minimum Gasteiger partial charge on any atom is -0.480 e. The van der Waals surface area contributed by atoms with Crippen molar-refractivity contribution in [2.75, 3.05) is 5.32 Å². The molecule has 0 aliphatic carbocycles. The molecule has 0 heterocycles. The Morgan fingerprint density at radius 1 is 0.906 bits per heavy atom. The number of rotatable bonds is 8. The van der Waals surface area contributed by atoms with Gasteiger partial charge in [-0.25, -0.2) is 0 Å². The topological polar surface area (TPSA) is 67.4 Å². The van der Waals surface area contributed by atoms with Crippen molar-refractivity contribution in [1.29, 1.82) is 0 Å². The van der Waals surface area contributed by atoms with Crippen LogP contribution in [-0.4, -0.2) is 17.9 Å². The van der Waals surface area contributed by atoms with Gasteiger partial charge in [0.2, 0.25) is 0 Å². The molecule has 0 bridgehead atoms. The van der Waals surface area contributed by atoms with Crippen LogP contribution in [0.3, 0.4) is 0 Å². The third-order valence-electron chi connectivity index (χ3n) is 5.56. The van der Waals surface area contributed by atoms with Gasteiger partial charge in [0.1, 0.15) is 5.75 Å². The van der Waals surface area contributed by atoms with E-state index in [9.17, 15) is 9.59 Å². The van der Waals surface area contributed by atoms with Gasteiger partial charge in [0, 0.05) is 0 Å². The number of para-hydroxylation sites is 1. The molecular formula is C27H30N2O3. The fraction of sp³-hybridized carbons (Fsp3) is 0.259. The van der Waals surface area contributed by atoms with Gasteiger partial charge in [0.05, 0.1) is 17.3 Å². The molecule has 32 heavy (non-hydrogen) atoms. The van der Waals surface area contributed by atoms with E-state index in [0.717, 1.165) is 16.7 Å². The van der Waals surface area contributed by atoms with E-state index < -0.39 is 6.10 Å². The van der Waals surface area contributed by atoms with Crippen molar-refractivity contribution in [2.24, 2.45) is 0 Å². The van der Waals surface area contributed by atoms with E-state index in [4.69, 9.17) is 4.74 Å². The zero-order valence-corrected chi connectivity index (χ0v) is 19.0. The van der Waals surface area contributed by atoms with Crippen LogP contribution in [0.25, 0.3) is 0 Å². The van der Waals surface area contributed by atoms with Gasteiger partial charge in [-0.1, -0.05) is 61.5 Å². The van der Waals surface area contributed by atoms with Crippen molar-refractivity contribution in [3.05, 3.63) is 95.1 Å². The summed E-state index contributed by atoms with van der Waals surface area (Å²) in [6, 6.07) is 22.4. The number of carbonyl (C=O) groups excluding carboxylic acids is 2. The number of benzene rings is 3. The van der Waals surface area contributed by atoms with Crippen LogP contribution in [0.2, 0.25) is 0 Å². The molecule has 0 aliphatic rings. The molecular weight excluding hydrogens is 400 g/mol. The van der Waals surface area contributed by atoms with Crippen LogP contribution in [0.4, 0.5) is 5.69 Å². The Kier molecular flexibility index (Phi) is 7.66. The van der Waals surface area contributed by atoms with Crippen LogP contribution in [0.15, 0.2) is 72.8 Å². The first-order valence-corrected chi connectivity index (χ1v) is 10.9. The standard InChI is InChI=1S/C27H30N2O3/c1-5-24(32-25-17-11-12-18(2)19(25)3)27(31)29-23-16-10-9-15-22(23)26(30)28-20(4)21-13-7-6-8-14-21/h6-17,20,24H,5H2,1-4H3,(H,28,30)(H,29,31)/t20-,24+/m0/s1. The summed E-state index contributed by atoms with van der Waals surface area (Å²) in [5.41, 5.74) is 3.99. The summed E-state index contributed by atoms with van der Waals surface area (Å²) in [5, 5.41) is 5.89. The van der Waals surface area contributed by atoms with Crippen LogP contribution in [0, 0.1) is 13.8 Å². The highest BCUT2D eigenvalue weighted by atomic mass is 16.5. The maximum atomic E-state index is 13.0. The average molecular weight is 431 g/mol. The lowest BCUT2D eigenvalue weighted by Gasteiger charge is -2.20. The van der Waals surface area contributed by atoms with E-state index >= 15 is 0 Å². The molecule has 3 aromatic carbocycles. The number of aryl methyl sites for hydroxylation is 1. The molecule has 166 valence electrons. The zero-order valence-electron chi connectivity index (χ0n) is 19.0. The number of carbonyl (C=O) groups is 2. The molecule has 0 aliphatic heterocycles. The van der Waals surface area contributed by atoms with Gasteiger partial charge in [-0.05, 0) is 62.1 Å². The molecule has 0 fully saturated rings.